The standard InChI is InChI=1S/C19H23ClN2O.2C2HF3O2/c20-17-8-2-1-6-16(17)7-5-13-22-14-10-19(23,11-15-22)18-9-3-4-12-21-18;2*3-2(4,5)1(6)7/h1-4,6,8-9,12,23H,5,7,10-11,13-15H2;2*(H,6,7). The van der Waals surface area contributed by atoms with E-state index in [0.717, 1.165) is 56.0 Å². The summed E-state index contributed by atoms with van der Waals surface area (Å²) in [5.41, 5.74) is 1.26. The van der Waals surface area contributed by atoms with Crippen molar-refractivity contribution in [1.29, 1.82) is 0 Å². The van der Waals surface area contributed by atoms with Crippen molar-refractivity contribution in [2.75, 3.05) is 19.6 Å². The maximum atomic E-state index is 10.8. The molecule has 1 saturated heterocycles. The number of hydrogen-bond acceptors (Lipinski definition) is 5. The average molecular weight is 559 g/mol. The Labute approximate surface area is 213 Å². The van der Waals surface area contributed by atoms with Crippen LogP contribution >= 0.6 is 11.6 Å². The minimum absolute atomic E-state index is 0.746. The summed E-state index contributed by atoms with van der Waals surface area (Å²) in [7, 11) is 0. The Hall–Kier alpha value is -2.90. The maximum absolute atomic E-state index is 10.8. The summed E-state index contributed by atoms with van der Waals surface area (Å²) in [5, 5.41) is 25.9. The molecule has 0 aliphatic carbocycles. The van der Waals surface area contributed by atoms with Gasteiger partial charge in [-0.25, -0.2) is 9.59 Å². The van der Waals surface area contributed by atoms with Gasteiger partial charge in [0.15, 0.2) is 0 Å². The lowest BCUT2D eigenvalue weighted by Gasteiger charge is -2.37. The molecule has 0 saturated carbocycles. The lowest BCUT2D eigenvalue weighted by molar-refractivity contribution is -0.193. The number of likely N-dealkylation sites (tertiary alicyclic amines) is 1. The molecule has 7 nitrogen and oxygen atoms in total. The SMILES string of the molecule is O=C(O)C(F)(F)F.O=C(O)C(F)(F)F.OC1(c2ccccn2)CCN(CCCc2ccccc2Cl)CC1. The van der Waals surface area contributed by atoms with Crippen molar-refractivity contribution >= 4 is 23.5 Å². The van der Waals surface area contributed by atoms with Crippen LogP contribution in [-0.2, 0) is 21.6 Å². The second-order valence-corrected chi connectivity index (χ2v) is 8.30. The molecule has 1 aliphatic rings. The van der Waals surface area contributed by atoms with E-state index in [-0.39, 0.29) is 0 Å². The molecule has 3 rings (SSSR count). The Morgan fingerprint density at radius 1 is 0.919 bits per heavy atom. The van der Waals surface area contributed by atoms with Gasteiger partial charge in [0.25, 0.3) is 0 Å². The first-order chi connectivity index (χ1) is 17.1. The van der Waals surface area contributed by atoms with Gasteiger partial charge in [-0.2, -0.15) is 26.3 Å². The van der Waals surface area contributed by atoms with Crippen LogP contribution in [0.3, 0.4) is 0 Å². The summed E-state index contributed by atoms with van der Waals surface area (Å²) in [6.07, 6.45) is -4.83. The number of piperidine rings is 1. The number of pyridine rings is 1. The van der Waals surface area contributed by atoms with Crippen molar-refractivity contribution < 1.29 is 51.3 Å². The van der Waals surface area contributed by atoms with Crippen molar-refractivity contribution in [2.45, 2.75) is 43.6 Å². The third-order valence-electron chi connectivity index (χ3n) is 5.19. The molecule has 0 amide bonds. The number of benzene rings is 1. The van der Waals surface area contributed by atoms with E-state index in [9.17, 15) is 31.4 Å². The fraction of sp³-hybridized carbons (Fsp3) is 0.435. The third-order valence-corrected chi connectivity index (χ3v) is 5.56. The number of aliphatic carboxylic acids is 2. The lowest BCUT2D eigenvalue weighted by Crippen LogP contribution is -2.43. The number of carbonyl (C=O) groups is 2. The number of aliphatic hydroxyl groups is 1. The molecule has 0 atom stereocenters. The second-order valence-electron chi connectivity index (χ2n) is 7.89. The molecule has 0 radical (unpaired) electrons. The van der Waals surface area contributed by atoms with Gasteiger partial charge in [-0.15, -0.1) is 0 Å². The van der Waals surface area contributed by atoms with Gasteiger partial charge < -0.3 is 20.2 Å². The molecule has 1 fully saturated rings. The van der Waals surface area contributed by atoms with E-state index in [4.69, 9.17) is 31.4 Å². The highest BCUT2D eigenvalue weighted by Crippen LogP contribution is 2.31. The predicted molar refractivity (Wildman–Crippen MR) is 121 cm³/mol. The molecule has 37 heavy (non-hydrogen) atoms. The van der Waals surface area contributed by atoms with Gasteiger partial charge >= 0.3 is 24.3 Å². The van der Waals surface area contributed by atoms with Crippen LogP contribution in [-0.4, -0.2) is 69.1 Å². The van der Waals surface area contributed by atoms with Crippen LogP contribution in [0.4, 0.5) is 26.3 Å². The molecule has 1 aromatic heterocycles. The molecule has 2 heterocycles. The lowest BCUT2D eigenvalue weighted by atomic mass is 9.87. The van der Waals surface area contributed by atoms with E-state index in [1.54, 1.807) is 6.20 Å². The molecule has 0 unspecified atom stereocenters. The number of halogens is 7. The molecule has 206 valence electrons. The first-order valence-corrected chi connectivity index (χ1v) is 11.1. The van der Waals surface area contributed by atoms with Crippen molar-refractivity contribution in [1.82, 2.24) is 9.88 Å². The van der Waals surface area contributed by atoms with E-state index < -0.39 is 29.9 Å². The number of rotatable bonds is 5. The predicted octanol–water partition coefficient (Wildman–Crippen LogP) is 4.92. The van der Waals surface area contributed by atoms with Gasteiger partial charge in [-0.3, -0.25) is 4.98 Å². The Kier molecular flexibility index (Phi) is 12.3. The normalized spacial score (nSPS) is 15.5. The van der Waals surface area contributed by atoms with Crippen LogP contribution < -0.4 is 0 Å². The maximum Gasteiger partial charge on any atom is 0.490 e. The molecule has 1 aromatic carbocycles. The molecule has 14 heteroatoms. The summed E-state index contributed by atoms with van der Waals surface area (Å²) < 4.78 is 63.5. The Balaban J connectivity index is 0.000000404. The first-order valence-electron chi connectivity index (χ1n) is 10.8. The molecular formula is C23H25ClF6N2O5. The highest BCUT2D eigenvalue weighted by Gasteiger charge is 2.39. The zero-order valence-corrected chi connectivity index (χ0v) is 20.0. The monoisotopic (exact) mass is 558 g/mol. The minimum atomic E-state index is -5.08. The zero-order chi connectivity index (χ0) is 28.3. The van der Waals surface area contributed by atoms with E-state index in [1.807, 2.05) is 36.4 Å². The average Bonchev–Trinajstić information content (AvgIpc) is 2.82. The van der Waals surface area contributed by atoms with Crippen molar-refractivity contribution in [2.24, 2.45) is 0 Å². The fourth-order valence-electron chi connectivity index (χ4n) is 3.23. The van der Waals surface area contributed by atoms with Crippen LogP contribution in [0.2, 0.25) is 5.02 Å². The van der Waals surface area contributed by atoms with Crippen LogP contribution in [0.1, 0.15) is 30.5 Å². The van der Waals surface area contributed by atoms with E-state index in [1.165, 1.54) is 5.56 Å². The largest absolute Gasteiger partial charge is 0.490 e. The van der Waals surface area contributed by atoms with Crippen molar-refractivity contribution in [3.63, 3.8) is 0 Å². The Bertz CT molecular complexity index is 973. The number of aromatic nitrogens is 1. The van der Waals surface area contributed by atoms with E-state index >= 15 is 0 Å². The van der Waals surface area contributed by atoms with Crippen molar-refractivity contribution in [3.05, 3.63) is 64.9 Å². The molecule has 2 aromatic rings. The summed E-state index contributed by atoms with van der Waals surface area (Å²) in [4.78, 5) is 24.5. The zero-order valence-electron chi connectivity index (χ0n) is 19.3. The number of carboxylic acid groups (broad SMARTS) is 2. The third kappa shape index (κ3) is 11.8. The number of carboxylic acids is 2. The molecule has 1 aliphatic heterocycles. The van der Waals surface area contributed by atoms with Gasteiger partial charge in [0.2, 0.25) is 0 Å². The quantitative estimate of drug-likeness (QED) is 0.447. The van der Waals surface area contributed by atoms with Gasteiger partial charge in [0.05, 0.1) is 5.69 Å². The number of nitrogens with zero attached hydrogens (tertiary/aromatic N) is 2. The van der Waals surface area contributed by atoms with E-state index in [2.05, 4.69) is 16.0 Å². The van der Waals surface area contributed by atoms with Gasteiger partial charge in [-0.1, -0.05) is 35.9 Å². The van der Waals surface area contributed by atoms with Crippen LogP contribution in [0, 0.1) is 0 Å². The van der Waals surface area contributed by atoms with Gasteiger partial charge in [0, 0.05) is 24.3 Å². The van der Waals surface area contributed by atoms with Gasteiger partial charge in [-0.05, 0) is 56.0 Å². The van der Waals surface area contributed by atoms with Gasteiger partial charge in [0.1, 0.15) is 5.60 Å². The molecule has 3 N–H and O–H groups in total. The van der Waals surface area contributed by atoms with Crippen molar-refractivity contribution in [3.8, 4) is 0 Å². The topological polar surface area (TPSA) is 111 Å². The number of alkyl halides is 6. The molecular weight excluding hydrogens is 534 g/mol. The number of hydrogen-bond donors (Lipinski definition) is 3. The first kappa shape index (κ1) is 32.1. The fourth-order valence-corrected chi connectivity index (χ4v) is 3.47. The second kappa shape index (κ2) is 14.1. The highest BCUT2D eigenvalue weighted by molar-refractivity contribution is 6.31. The Morgan fingerprint density at radius 2 is 1.41 bits per heavy atom. The summed E-state index contributed by atoms with van der Waals surface area (Å²) in [6.45, 7) is 2.87. The molecule has 0 spiro atoms. The summed E-state index contributed by atoms with van der Waals surface area (Å²) in [5.74, 6) is -5.51. The van der Waals surface area contributed by atoms with Crippen LogP contribution in [0.5, 0.6) is 0 Å². The number of aryl methyl sites for hydroxylation is 1. The van der Waals surface area contributed by atoms with Crippen LogP contribution in [0.15, 0.2) is 48.7 Å². The van der Waals surface area contributed by atoms with E-state index in [0.29, 0.717) is 0 Å². The van der Waals surface area contributed by atoms with Crippen LogP contribution in [0.25, 0.3) is 0 Å². The highest BCUT2D eigenvalue weighted by atomic mass is 35.5. The summed E-state index contributed by atoms with van der Waals surface area (Å²) >= 11 is 6.20. The molecule has 0 bridgehead atoms. The summed E-state index contributed by atoms with van der Waals surface area (Å²) in [6, 6.07) is 13.8. The Morgan fingerprint density at radius 3 is 1.84 bits per heavy atom. The smallest absolute Gasteiger partial charge is 0.475 e. The minimum Gasteiger partial charge on any atom is -0.475 e.